The van der Waals surface area contributed by atoms with Gasteiger partial charge in [-0.25, -0.2) is 8.78 Å². The Morgan fingerprint density at radius 3 is 2.56 bits per heavy atom. The second kappa shape index (κ2) is 6.02. The zero-order chi connectivity index (χ0) is 13.1. The number of thioether (sulfide) groups is 1. The third-order valence-electron chi connectivity index (χ3n) is 3.23. The normalized spacial score (nSPS) is 22.2. The molecule has 1 aliphatic rings. The van der Waals surface area contributed by atoms with E-state index in [9.17, 15) is 8.78 Å². The van der Waals surface area contributed by atoms with Crippen LogP contribution in [-0.4, -0.2) is 11.8 Å². The van der Waals surface area contributed by atoms with Crippen molar-refractivity contribution in [2.75, 3.05) is 6.54 Å². The minimum absolute atomic E-state index is 0.153. The van der Waals surface area contributed by atoms with Crippen LogP contribution in [0.5, 0.6) is 0 Å². The summed E-state index contributed by atoms with van der Waals surface area (Å²) in [5, 5.41) is 3.85. The highest BCUT2D eigenvalue weighted by atomic mass is 32.2. The first-order valence-electron chi connectivity index (χ1n) is 6.56. The van der Waals surface area contributed by atoms with Crippen molar-refractivity contribution in [1.82, 2.24) is 5.32 Å². The quantitative estimate of drug-likeness (QED) is 0.858. The first-order valence-corrected chi connectivity index (χ1v) is 7.44. The van der Waals surface area contributed by atoms with Crippen molar-refractivity contribution >= 4 is 11.8 Å². The van der Waals surface area contributed by atoms with Crippen molar-refractivity contribution in [2.24, 2.45) is 0 Å². The van der Waals surface area contributed by atoms with Crippen molar-refractivity contribution in [3.8, 4) is 0 Å². The molecule has 4 heteroatoms. The monoisotopic (exact) mass is 271 g/mol. The molecule has 0 spiro atoms. The first kappa shape index (κ1) is 13.8. The Hall–Kier alpha value is -0.610. The lowest BCUT2D eigenvalue weighted by Crippen LogP contribution is -2.27. The van der Waals surface area contributed by atoms with Crippen LogP contribution in [0.3, 0.4) is 0 Å². The van der Waals surface area contributed by atoms with Crippen LogP contribution in [0.1, 0.15) is 44.7 Å². The molecule has 1 nitrogen and oxygen atoms in total. The number of hydrogen-bond donors (Lipinski definition) is 1. The van der Waals surface area contributed by atoms with Gasteiger partial charge in [0.15, 0.2) is 11.6 Å². The van der Waals surface area contributed by atoms with Gasteiger partial charge < -0.3 is 5.32 Å². The Morgan fingerprint density at radius 2 is 1.89 bits per heavy atom. The molecule has 1 N–H and O–H groups in total. The minimum atomic E-state index is -0.743. The Labute approximate surface area is 111 Å². The molecule has 1 aliphatic heterocycles. The molecular formula is C14H19F2NS. The molecule has 0 fully saturated rings. The highest BCUT2D eigenvalue weighted by Gasteiger charge is 2.33. The lowest BCUT2D eigenvalue weighted by atomic mass is 10.0. The van der Waals surface area contributed by atoms with E-state index < -0.39 is 11.6 Å². The van der Waals surface area contributed by atoms with Gasteiger partial charge in [-0.3, -0.25) is 0 Å². The fourth-order valence-electron chi connectivity index (χ4n) is 2.37. The lowest BCUT2D eigenvalue weighted by molar-refractivity contribution is 0.480. The van der Waals surface area contributed by atoms with Crippen LogP contribution in [0.15, 0.2) is 17.0 Å². The van der Waals surface area contributed by atoms with Gasteiger partial charge in [0.1, 0.15) is 0 Å². The predicted molar refractivity (Wildman–Crippen MR) is 71.9 cm³/mol. The van der Waals surface area contributed by atoms with Crippen molar-refractivity contribution in [2.45, 2.75) is 49.3 Å². The van der Waals surface area contributed by atoms with Crippen LogP contribution in [0.2, 0.25) is 0 Å². The fourth-order valence-corrected chi connectivity index (χ4v) is 3.92. The summed E-state index contributed by atoms with van der Waals surface area (Å²) in [5.41, 5.74) is 0.922. The van der Waals surface area contributed by atoms with E-state index >= 15 is 0 Å². The zero-order valence-corrected chi connectivity index (χ0v) is 11.6. The van der Waals surface area contributed by atoms with E-state index in [1.807, 2.05) is 0 Å². The standard InChI is InChI=1S/C14H19F2NS/c1-3-5-12-14(17-6-4-2)9-7-10(15)11(16)8-13(9)18-12/h7-8,12,14,17H,3-6H2,1-2H3. The first-order chi connectivity index (χ1) is 8.67. The van der Waals surface area contributed by atoms with Gasteiger partial charge in [-0.05, 0) is 37.1 Å². The summed E-state index contributed by atoms with van der Waals surface area (Å²) in [4.78, 5) is 0.890. The third-order valence-corrected chi connectivity index (χ3v) is 4.64. The van der Waals surface area contributed by atoms with Crippen LogP contribution in [0, 0.1) is 11.6 Å². The summed E-state index contributed by atoms with van der Waals surface area (Å²) in [7, 11) is 0. The second-order valence-corrected chi connectivity index (χ2v) is 5.96. The van der Waals surface area contributed by atoms with Crippen molar-refractivity contribution < 1.29 is 8.78 Å². The molecule has 1 aromatic rings. The topological polar surface area (TPSA) is 12.0 Å². The maximum absolute atomic E-state index is 13.4. The number of benzene rings is 1. The van der Waals surface area contributed by atoms with Crippen LogP contribution < -0.4 is 5.32 Å². The van der Waals surface area contributed by atoms with E-state index in [4.69, 9.17) is 0 Å². The highest BCUT2D eigenvalue weighted by Crippen LogP contribution is 2.46. The molecule has 18 heavy (non-hydrogen) atoms. The van der Waals surface area contributed by atoms with E-state index in [2.05, 4.69) is 19.2 Å². The molecular weight excluding hydrogens is 252 g/mol. The van der Waals surface area contributed by atoms with Gasteiger partial charge >= 0.3 is 0 Å². The van der Waals surface area contributed by atoms with Gasteiger partial charge in [-0.1, -0.05) is 20.3 Å². The van der Waals surface area contributed by atoms with Crippen LogP contribution >= 0.6 is 11.8 Å². The van der Waals surface area contributed by atoms with E-state index in [0.717, 1.165) is 36.3 Å². The number of halogens is 2. The fraction of sp³-hybridized carbons (Fsp3) is 0.571. The van der Waals surface area contributed by atoms with Crippen molar-refractivity contribution in [3.05, 3.63) is 29.3 Å². The summed E-state index contributed by atoms with van der Waals surface area (Å²) in [6.45, 7) is 5.15. The summed E-state index contributed by atoms with van der Waals surface area (Å²) < 4.78 is 26.6. The average molecular weight is 271 g/mol. The summed E-state index contributed by atoms with van der Waals surface area (Å²) in [6.07, 6.45) is 3.18. The van der Waals surface area contributed by atoms with Crippen molar-refractivity contribution in [3.63, 3.8) is 0 Å². The smallest absolute Gasteiger partial charge is 0.159 e. The molecule has 0 radical (unpaired) electrons. The van der Waals surface area contributed by atoms with E-state index in [0.29, 0.717) is 5.25 Å². The van der Waals surface area contributed by atoms with E-state index in [-0.39, 0.29) is 6.04 Å². The zero-order valence-electron chi connectivity index (χ0n) is 10.8. The van der Waals surface area contributed by atoms with Gasteiger partial charge in [-0.2, -0.15) is 0 Å². The summed E-state index contributed by atoms with van der Waals surface area (Å²) in [5.74, 6) is -1.48. The molecule has 0 aliphatic carbocycles. The Kier molecular flexibility index (Phi) is 4.62. The molecule has 0 bridgehead atoms. The molecule has 100 valence electrons. The van der Waals surface area contributed by atoms with Gasteiger partial charge in [0.2, 0.25) is 0 Å². The molecule has 1 heterocycles. The van der Waals surface area contributed by atoms with E-state index in [1.54, 1.807) is 11.8 Å². The average Bonchev–Trinajstić information content (AvgIpc) is 2.65. The maximum Gasteiger partial charge on any atom is 0.159 e. The van der Waals surface area contributed by atoms with Gasteiger partial charge in [0.05, 0.1) is 0 Å². The number of fused-ring (bicyclic) bond motifs is 1. The van der Waals surface area contributed by atoms with Crippen LogP contribution in [0.4, 0.5) is 8.78 Å². The number of rotatable bonds is 5. The molecule has 0 amide bonds. The molecule has 0 saturated heterocycles. The number of hydrogen-bond acceptors (Lipinski definition) is 2. The van der Waals surface area contributed by atoms with Crippen LogP contribution in [-0.2, 0) is 0 Å². The molecule has 1 aromatic carbocycles. The highest BCUT2D eigenvalue weighted by molar-refractivity contribution is 8.00. The van der Waals surface area contributed by atoms with Crippen LogP contribution in [0.25, 0.3) is 0 Å². The lowest BCUT2D eigenvalue weighted by Gasteiger charge is -2.20. The van der Waals surface area contributed by atoms with Gasteiger partial charge in [0, 0.05) is 16.2 Å². The third kappa shape index (κ3) is 2.69. The second-order valence-electron chi connectivity index (χ2n) is 4.68. The SMILES string of the molecule is CCCNC1c2cc(F)c(F)cc2SC1CCC. The largest absolute Gasteiger partial charge is 0.309 e. The summed E-state index contributed by atoms with van der Waals surface area (Å²) in [6, 6.07) is 2.85. The minimum Gasteiger partial charge on any atom is -0.309 e. The Morgan fingerprint density at radius 1 is 1.17 bits per heavy atom. The van der Waals surface area contributed by atoms with Crippen molar-refractivity contribution in [1.29, 1.82) is 0 Å². The molecule has 2 atom stereocenters. The Balaban J connectivity index is 2.27. The molecule has 2 rings (SSSR count). The summed E-state index contributed by atoms with van der Waals surface area (Å²) >= 11 is 1.67. The van der Waals surface area contributed by atoms with E-state index in [1.165, 1.54) is 12.1 Å². The maximum atomic E-state index is 13.4. The van der Waals surface area contributed by atoms with Gasteiger partial charge in [0.25, 0.3) is 0 Å². The molecule has 0 aromatic heterocycles. The number of nitrogens with one attached hydrogen (secondary N) is 1. The predicted octanol–water partition coefficient (Wildman–Crippen LogP) is 4.28. The van der Waals surface area contributed by atoms with Gasteiger partial charge in [-0.15, -0.1) is 11.8 Å². The molecule has 0 saturated carbocycles. The Bertz CT molecular complexity index is 423. The molecule has 2 unspecified atom stereocenters.